The summed E-state index contributed by atoms with van der Waals surface area (Å²) in [7, 11) is 0. The van der Waals surface area contributed by atoms with Gasteiger partial charge in [0.2, 0.25) is 0 Å². The lowest BCUT2D eigenvalue weighted by atomic mass is 10.1. The summed E-state index contributed by atoms with van der Waals surface area (Å²) < 4.78 is 5.66. The SMILES string of the molecule is CCCCN(CCC)C(=O)NCOc1cccc(C)c1C. The molecule has 1 N–H and O–H groups in total. The fourth-order valence-corrected chi connectivity index (χ4v) is 2.10. The second kappa shape index (κ2) is 9.27. The first kappa shape index (κ1) is 17.3. The largest absolute Gasteiger partial charge is 0.473 e. The Labute approximate surface area is 128 Å². The van der Waals surface area contributed by atoms with Crippen LogP contribution < -0.4 is 10.1 Å². The number of unbranched alkanes of at least 4 members (excludes halogenated alkanes) is 1. The fraction of sp³-hybridized carbons (Fsp3) is 0.588. The summed E-state index contributed by atoms with van der Waals surface area (Å²) in [4.78, 5) is 14.0. The zero-order valence-corrected chi connectivity index (χ0v) is 13.7. The molecule has 0 aliphatic rings. The number of rotatable bonds is 8. The molecule has 0 radical (unpaired) electrons. The zero-order valence-electron chi connectivity index (χ0n) is 13.7. The third kappa shape index (κ3) is 5.66. The van der Waals surface area contributed by atoms with E-state index in [2.05, 4.69) is 32.2 Å². The first-order valence-corrected chi connectivity index (χ1v) is 7.81. The average molecular weight is 292 g/mol. The van der Waals surface area contributed by atoms with Crippen LogP contribution in [0.2, 0.25) is 0 Å². The number of hydrogen-bond donors (Lipinski definition) is 1. The van der Waals surface area contributed by atoms with Crippen molar-refractivity contribution in [2.24, 2.45) is 0 Å². The number of ether oxygens (including phenoxy) is 1. The first-order chi connectivity index (χ1) is 10.1. The lowest BCUT2D eigenvalue weighted by Crippen LogP contribution is -2.42. The molecule has 0 saturated heterocycles. The molecule has 2 amide bonds. The quantitative estimate of drug-likeness (QED) is 0.739. The molecular weight excluding hydrogens is 264 g/mol. The monoisotopic (exact) mass is 292 g/mol. The van der Waals surface area contributed by atoms with Crippen molar-refractivity contribution in [3.8, 4) is 5.75 Å². The van der Waals surface area contributed by atoms with E-state index in [9.17, 15) is 4.79 Å². The Kier molecular flexibility index (Phi) is 7.65. The molecule has 0 saturated carbocycles. The normalized spacial score (nSPS) is 10.3. The van der Waals surface area contributed by atoms with Crippen LogP contribution in [0.4, 0.5) is 4.79 Å². The van der Waals surface area contributed by atoms with Crippen LogP contribution in [0.15, 0.2) is 18.2 Å². The number of carbonyl (C=O) groups is 1. The summed E-state index contributed by atoms with van der Waals surface area (Å²) in [5.74, 6) is 0.825. The van der Waals surface area contributed by atoms with E-state index >= 15 is 0 Å². The highest BCUT2D eigenvalue weighted by molar-refractivity contribution is 5.74. The summed E-state index contributed by atoms with van der Waals surface area (Å²) in [6.07, 6.45) is 3.09. The summed E-state index contributed by atoms with van der Waals surface area (Å²) in [5.41, 5.74) is 2.30. The van der Waals surface area contributed by atoms with E-state index in [1.807, 2.05) is 24.0 Å². The van der Waals surface area contributed by atoms with Gasteiger partial charge in [-0.1, -0.05) is 32.4 Å². The Morgan fingerprint density at radius 3 is 2.62 bits per heavy atom. The molecule has 4 heteroatoms. The molecular formula is C17H28N2O2. The van der Waals surface area contributed by atoms with E-state index < -0.39 is 0 Å². The molecule has 0 fully saturated rings. The summed E-state index contributed by atoms with van der Waals surface area (Å²) in [5, 5.41) is 2.84. The van der Waals surface area contributed by atoms with Crippen molar-refractivity contribution in [2.75, 3.05) is 19.8 Å². The number of nitrogens with zero attached hydrogens (tertiary/aromatic N) is 1. The van der Waals surface area contributed by atoms with E-state index in [0.717, 1.165) is 43.7 Å². The molecule has 4 nitrogen and oxygen atoms in total. The van der Waals surface area contributed by atoms with Crippen LogP contribution in [0.25, 0.3) is 0 Å². The maximum absolute atomic E-state index is 12.1. The smallest absolute Gasteiger partial charge is 0.320 e. The number of hydrogen-bond acceptors (Lipinski definition) is 2. The molecule has 0 heterocycles. The highest BCUT2D eigenvalue weighted by atomic mass is 16.5. The van der Waals surface area contributed by atoms with Gasteiger partial charge in [-0.2, -0.15) is 0 Å². The predicted molar refractivity (Wildman–Crippen MR) is 86.7 cm³/mol. The van der Waals surface area contributed by atoms with Crippen molar-refractivity contribution in [2.45, 2.75) is 47.0 Å². The molecule has 0 unspecified atom stereocenters. The molecule has 0 aliphatic carbocycles. The highest BCUT2D eigenvalue weighted by Gasteiger charge is 2.11. The molecule has 1 rings (SSSR count). The van der Waals surface area contributed by atoms with E-state index in [-0.39, 0.29) is 12.8 Å². The number of benzene rings is 1. The Balaban J connectivity index is 2.45. The molecule has 0 atom stereocenters. The van der Waals surface area contributed by atoms with Crippen molar-refractivity contribution in [3.63, 3.8) is 0 Å². The lowest BCUT2D eigenvalue weighted by molar-refractivity contribution is 0.183. The number of amides is 2. The van der Waals surface area contributed by atoms with E-state index in [1.165, 1.54) is 5.56 Å². The Bertz CT molecular complexity index is 446. The second-order valence-electron chi connectivity index (χ2n) is 5.31. The molecule has 118 valence electrons. The van der Waals surface area contributed by atoms with Crippen molar-refractivity contribution < 1.29 is 9.53 Å². The van der Waals surface area contributed by atoms with Crippen LogP contribution >= 0.6 is 0 Å². The topological polar surface area (TPSA) is 41.6 Å². The van der Waals surface area contributed by atoms with Gasteiger partial charge in [-0.3, -0.25) is 0 Å². The molecule has 21 heavy (non-hydrogen) atoms. The molecule has 0 aromatic heterocycles. The van der Waals surface area contributed by atoms with Gasteiger partial charge < -0.3 is 15.0 Å². The molecule has 0 bridgehead atoms. The van der Waals surface area contributed by atoms with Gasteiger partial charge in [0.25, 0.3) is 0 Å². The van der Waals surface area contributed by atoms with E-state index in [1.54, 1.807) is 0 Å². The minimum atomic E-state index is -0.0457. The Morgan fingerprint density at radius 1 is 1.19 bits per heavy atom. The van der Waals surface area contributed by atoms with Gasteiger partial charge >= 0.3 is 6.03 Å². The van der Waals surface area contributed by atoms with Gasteiger partial charge in [0, 0.05) is 13.1 Å². The lowest BCUT2D eigenvalue weighted by Gasteiger charge is -2.22. The summed E-state index contributed by atoms with van der Waals surface area (Å²) in [6, 6.07) is 5.89. The van der Waals surface area contributed by atoms with Crippen LogP contribution in [-0.2, 0) is 0 Å². The summed E-state index contributed by atoms with van der Waals surface area (Å²) >= 11 is 0. The maximum atomic E-state index is 12.1. The van der Waals surface area contributed by atoms with Gasteiger partial charge in [0.15, 0.2) is 6.73 Å². The standard InChI is InChI=1S/C17H28N2O2/c1-5-7-12-19(11-6-2)17(20)18-13-21-16-10-8-9-14(3)15(16)4/h8-10H,5-7,11-13H2,1-4H3,(H,18,20). The minimum Gasteiger partial charge on any atom is -0.473 e. The zero-order chi connectivity index (χ0) is 15.7. The highest BCUT2D eigenvalue weighted by Crippen LogP contribution is 2.20. The van der Waals surface area contributed by atoms with Crippen LogP contribution in [0.1, 0.15) is 44.2 Å². The Morgan fingerprint density at radius 2 is 1.95 bits per heavy atom. The van der Waals surface area contributed by atoms with Crippen LogP contribution in [0.5, 0.6) is 5.75 Å². The van der Waals surface area contributed by atoms with Gasteiger partial charge in [-0.25, -0.2) is 4.79 Å². The predicted octanol–water partition coefficient (Wildman–Crippen LogP) is 3.86. The van der Waals surface area contributed by atoms with Crippen LogP contribution in [0.3, 0.4) is 0 Å². The van der Waals surface area contributed by atoms with E-state index in [4.69, 9.17) is 4.74 Å². The third-order valence-electron chi connectivity index (χ3n) is 3.57. The Hall–Kier alpha value is -1.71. The number of nitrogens with one attached hydrogen (secondary N) is 1. The fourth-order valence-electron chi connectivity index (χ4n) is 2.10. The minimum absolute atomic E-state index is 0.0457. The first-order valence-electron chi connectivity index (χ1n) is 7.81. The van der Waals surface area contributed by atoms with E-state index in [0.29, 0.717) is 0 Å². The molecule has 1 aromatic rings. The van der Waals surface area contributed by atoms with Crippen molar-refractivity contribution in [1.82, 2.24) is 10.2 Å². The second-order valence-corrected chi connectivity index (χ2v) is 5.31. The van der Waals surface area contributed by atoms with Gasteiger partial charge in [-0.05, 0) is 43.9 Å². The number of urea groups is 1. The van der Waals surface area contributed by atoms with Crippen LogP contribution in [-0.4, -0.2) is 30.8 Å². The van der Waals surface area contributed by atoms with Gasteiger partial charge in [0.1, 0.15) is 5.75 Å². The molecule has 0 spiro atoms. The number of carbonyl (C=O) groups excluding carboxylic acids is 1. The van der Waals surface area contributed by atoms with Gasteiger partial charge in [-0.15, -0.1) is 0 Å². The molecule has 1 aromatic carbocycles. The van der Waals surface area contributed by atoms with Crippen molar-refractivity contribution >= 4 is 6.03 Å². The van der Waals surface area contributed by atoms with Gasteiger partial charge in [0.05, 0.1) is 0 Å². The molecule has 0 aliphatic heterocycles. The van der Waals surface area contributed by atoms with Crippen LogP contribution in [0, 0.1) is 13.8 Å². The average Bonchev–Trinajstić information content (AvgIpc) is 2.47. The summed E-state index contributed by atoms with van der Waals surface area (Å²) in [6.45, 7) is 10.1. The third-order valence-corrected chi connectivity index (χ3v) is 3.57. The maximum Gasteiger partial charge on any atom is 0.320 e. The van der Waals surface area contributed by atoms with Crippen molar-refractivity contribution in [3.05, 3.63) is 29.3 Å². The van der Waals surface area contributed by atoms with Crippen molar-refractivity contribution in [1.29, 1.82) is 0 Å². The number of aryl methyl sites for hydroxylation is 1.